The number of rotatable bonds is 7. The number of carbonyl (C=O) groups is 1. The summed E-state index contributed by atoms with van der Waals surface area (Å²) in [6.07, 6.45) is 1.02. The van der Waals surface area contributed by atoms with E-state index in [4.69, 9.17) is 11.0 Å². The number of nitrogen functional groups attached to an aromatic ring is 1. The van der Waals surface area contributed by atoms with E-state index in [1.807, 2.05) is 6.07 Å². The highest BCUT2D eigenvalue weighted by molar-refractivity contribution is 7.57. The minimum Gasteiger partial charge on any atom is -0.481 e. The maximum Gasteiger partial charge on any atom is 0.307 e. The van der Waals surface area contributed by atoms with Crippen LogP contribution in [0.2, 0.25) is 0 Å². The number of aromatic nitrogens is 1. The Kier molecular flexibility index (Phi) is 5.92. The molecule has 0 saturated carbocycles. The lowest BCUT2D eigenvalue weighted by Crippen LogP contribution is -2.21. The van der Waals surface area contributed by atoms with Crippen molar-refractivity contribution < 1.29 is 19.4 Å². The van der Waals surface area contributed by atoms with Gasteiger partial charge < -0.3 is 15.7 Å². The minimum absolute atomic E-state index is 0.0887. The smallest absolute Gasteiger partial charge is 0.307 e. The van der Waals surface area contributed by atoms with Crippen molar-refractivity contribution >= 4 is 19.2 Å². The largest absolute Gasteiger partial charge is 0.481 e. The van der Waals surface area contributed by atoms with Gasteiger partial charge >= 0.3 is 5.97 Å². The molecule has 25 heavy (non-hydrogen) atoms. The number of nitrogens with zero attached hydrogens (tertiary/aromatic N) is 2. The SMILES string of the molecule is N#Cc1cccc(CP(=O)(O)CC(Cc2ccc(N)nc2)C(=O)O)c1. The predicted octanol–water partition coefficient (Wildman–Crippen LogP) is 2.25. The zero-order valence-electron chi connectivity index (χ0n) is 13.4. The predicted molar refractivity (Wildman–Crippen MR) is 93.0 cm³/mol. The van der Waals surface area contributed by atoms with E-state index in [0.29, 0.717) is 22.5 Å². The van der Waals surface area contributed by atoms with Crippen LogP contribution in [0.15, 0.2) is 42.6 Å². The van der Waals surface area contributed by atoms with Gasteiger partial charge in [-0.15, -0.1) is 0 Å². The normalized spacial score (nSPS) is 14.2. The lowest BCUT2D eigenvalue weighted by atomic mass is 10.0. The molecule has 1 aromatic heterocycles. The molecule has 0 aliphatic carbocycles. The molecule has 0 fully saturated rings. The first-order valence-electron chi connectivity index (χ1n) is 7.52. The standard InChI is InChI=1S/C17H18N3O4P/c18-8-12-2-1-3-14(6-12)10-25(23,24)11-15(17(21)22)7-13-4-5-16(19)20-9-13/h1-6,9,15H,7,10-11H2,(H2,19,20)(H,21,22)(H,23,24). The first-order valence-corrected chi connectivity index (χ1v) is 9.55. The number of hydrogen-bond acceptors (Lipinski definition) is 5. The van der Waals surface area contributed by atoms with Crippen LogP contribution >= 0.6 is 7.37 Å². The van der Waals surface area contributed by atoms with Gasteiger partial charge in [0.15, 0.2) is 0 Å². The second-order valence-electron chi connectivity index (χ2n) is 5.83. The molecule has 0 amide bonds. The van der Waals surface area contributed by atoms with E-state index in [9.17, 15) is 19.4 Å². The molecule has 0 aliphatic rings. The second-order valence-corrected chi connectivity index (χ2v) is 8.20. The molecule has 0 spiro atoms. The zero-order chi connectivity index (χ0) is 18.4. The van der Waals surface area contributed by atoms with E-state index in [1.165, 1.54) is 12.3 Å². The summed E-state index contributed by atoms with van der Waals surface area (Å²) in [4.78, 5) is 25.6. The van der Waals surface area contributed by atoms with Crippen molar-refractivity contribution in [3.63, 3.8) is 0 Å². The number of carboxylic acid groups (broad SMARTS) is 1. The van der Waals surface area contributed by atoms with Gasteiger partial charge in [-0.1, -0.05) is 18.2 Å². The van der Waals surface area contributed by atoms with Gasteiger partial charge in [0.2, 0.25) is 7.37 Å². The number of nitrogens with two attached hydrogens (primary N) is 1. The summed E-state index contributed by atoms with van der Waals surface area (Å²) in [5, 5.41) is 18.3. The summed E-state index contributed by atoms with van der Waals surface area (Å²) < 4.78 is 12.5. The van der Waals surface area contributed by atoms with Gasteiger partial charge in [0.25, 0.3) is 0 Å². The molecule has 130 valence electrons. The second kappa shape index (κ2) is 7.93. The molecule has 0 aliphatic heterocycles. The first-order chi connectivity index (χ1) is 11.8. The highest BCUT2D eigenvalue weighted by atomic mass is 31.2. The third kappa shape index (κ3) is 5.71. The number of hydrogen-bond donors (Lipinski definition) is 3. The van der Waals surface area contributed by atoms with Crippen LogP contribution in [0.3, 0.4) is 0 Å². The Morgan fingerprint density at radius 1 is 1.32 bits per heavy atom. The van der Waals surface area contributed by atoms with Crippen molar-refractivity contribution in [3.8, 4) is 6.07 Å². The third-order valence-electron chi connectivity index (χ3n) is 3.67. The number of anilines is 1. The molecule has 1 heterocycles. The van der Waals surface area contributed by atoms with Gasteiger partial charge in [-0.2, -0.15) is 5.26 Å². The minimum atomic E-state index is -3.74. The van der Waals surface area contributed by atoms with Crippen molar-refractivity contribution in [2.75, 3.05) is 11.9 Å². The molecule has 2 unspecified atom stereocenters. The maximum atomic E-state index is 12.5. The first kappa shape index (κ1) is 18.7. The van der Waals surface area contributed by atoms with E-state index in [2.05, 4.69) is 4.98 Å². The van der Waals surface area contributed by atoms with Crippen LogP contribution in [-0.4, -0.2) is 27.1 Å². The van der Waals surface area contributed by atoms with E-state index in [0.717, 1.165) is 0 Å². The van der Waals surface area contributed by atoms with Crippen LogP contribution < -0.4 is 5.73 Å². The molecular weight excluding hydrogens is 341 g/mol. The van der Waals surface area contributed by atoms with Gasteiger partial charge in [-0.3, -0.25) is 9.36 Å². The van der Waals surface area contributed by atoms with Gasteiger partial charge in [0.1, 0.15) is 5.82 Å². The van der Waals surface area contributed by atoms with E-state index in [1.54, 1.807) is 30.3 Å². The topological polar surface area (TPSA) is 137 Å². The molecule has 1 aromatic carbocycles. The van der Waals surface area contributed by atoms with Crippen LogP contribution in [0.1, 0.15) is 16.7 Å². The fraction of sp³-hybridized carbons (Fsp3) is 0.235. The number of pyridine rings is 1. The molecule has 0 radical (unpaired) electrons. The van der Waals surface area contributed by atoms with Crippen LogP contribution in [0.25, 0.3) is 0 Å². The van der Waals surface area contributed by atoms with Crippen molar-refractivity contribution in [1.82, 2.24) is 4.98 Å². The van der Waals surface area contributed by atoms with Gasteiger partial charge in [-0.05, 0) is 35.7 Å². The molecule has 2 aromatic rings. The monoisotopic (exact) mass is 359 g/mol. The van der Waals surface area contributed by atoms with Gasteiger partial charge in [0, 0.05) is 18.5 Å². The van der Waals surface area contributed by atoms with Crippen molar-refractivity contribution in [2.24, 2.45) is 5.92 Å². The van der Waals surface area contributed by atoms with E-state index < -0.39 is 19.3 Å². The lowest BCUT2D eigenvalue weighted by Gasteiger charge is -2.17. The highest BCUT2D eigenvalue weighted by Gasteiger charge is 2.29. The molecule has 2 atom stereocenters. The molecule has 4 N–H and O–H groups in total. The van der Waals surface area contributed by atoms with Crippen LogP contribution in [0, 0.1) is 17.2 Å². The summed E-state index contributed by atoms with van der Waals surface area (Å²) in [5.74, 6) is -1.84. The number of aliphatic carboxylic acids is 1. The Labute approximate surface area is 145 Å². The van der Waals surface area contributed by atoms with Crippen molar-refractivity contribution in [3.05, 3.63) is 59.3 Å². The molecular formula is C17H18N3O4P. The molecule has 7 nitrogen and oxygen atoms in total. The third-order valence-corrected chi connectivity index (χ3v) is 5.54. The summed E-state index contributed by atoms with van der Waals surface area (Å²) in [5.41, 5.74) is 7.05. The summed E-state index contributed by atoms with van der Waals surface area (Å²) in [7, 11) is -3.74. The fourth-order valence-corrected chi connectivity index (χ4v) is 4.37. The zero-order valence-corrected chi connectivity index (χ0v) is 14.3. The molecule has 2 rings (SSSR count). The Morgan fingerprint density at radius 3 is 2.68 bits per heavy atom. The maximum absolute atomic E-state index is 12.5. The molecule has 8 heteroatoms. The van der Waals surface area contributed by atoms with Crippen LogP contribution in [0.4, 0.5) is 5.82 Å². The number of carboxylic acids is 1. The summed E-state index contributed by atoms with van der Waals surface area (Å²) >= 11 is 0. The molecule has 0 saturated heterocycles. The van der Waals surface area contributed by atoms with Gasteiger partial charge in [-0.25, -0.2) is 4.98 Å². The van der Waals surface area contributed by atoms with Gasteiger partial charge in [0.05, 0.1) is 17.6 Å². The Morgan fingerprint density at radius 2 is 2.08 bits per heavy atom. The Bertz CT molecular complexity index is 846. The summed E-state index contributed by atoms with van der Waals surface area (Å²) in [6, 6.07) is 11.6. The fourth-order valence-electron chi connectivity index (χ4n) is 2.50. The lowest BCUT2D eigenvalue weighted by molar-refractivity contribution is -0.141. The Balaban J connectivity index is 2.11. The quantitative estimate of drug-likeness (QED) is 0.645. The number of benzene rings is 1. The average Bonchev–Trinajstić information content (AvgIpc) is 2.55. The van der Waals surface area contributed by atoms with E-state index in [-0.39, 0.29) is 18.7 Å². The average molecular weight is 359 g/mol. The van der Waals surface area contributed by atoms with E-state index >= 15 is 0 Å². The Hall–Kier alpha value is -2.68. The number of nitriles is 1. The van der Waals surface area contributed by atoms with Crippen molar-refractivity contribution in [1.29, 1.82) is 5.26 Å². The van der Waals surface area contributed by atoms with Crippen LogP contribution in [0.5, 0.6) is 0 Å². The molecule has 0 bridgehead atoms. The van der Waals surface area contributed by atoms with Crippen molar-refractivity contribution in [2.45, 2.75) is 12.6 Å². The van der Waals surface area contributed by atoms with Crippen LogP contribution in [-0.2, 0) is 21.9 Å². The summed E-state index contributed by atoms with van der Waals surface area (Å²) in [6.45, 7) is 0. The highest BCUT2D eigenvalue weighted by Crippen LogP contribution is 2.46.